The number of carbonyl (C=O) groups is 4. The fourth-order valence-corrected chi connectivity index (χ4v) is 7.38. The fourth-order valence-electron chi connectivity index (χ4n) is 7.38. The summed E-state index contributed by atoms with van der Waals surface area (Å²) < 4.78 is 15.7. The summed E-state index contributed by atoms with van der Waals surface area (Å²) in [6.07, 6.45) is 9.09. The lowest BCUT2D eigenvalue weighted by Crippen LogP contribution is -2.52. The van der Waals surface area contributed by atoms with Gasteiger partial charge in [-0.3, -0.25) is 19.2 Å². The van der Waals surface area contributed by atoms with Gasteiger partial charge in [0, 0.05) is 19.8 Å². The molecule has 0 radical (unpaired) electrons. The normalized spacial score (nSPS) is 37.8. The molecule has 7 atom stereocenters. The first-order chi connectivity index (χ1) is 15.3. The minimum Gasteiger partial charge on any atom is -0.469 e. The molecular weight excluding hydrogens is 412 g/mol. The van der Waals surface area contributed by atoms with Gasteiger partial charge in [-0.25, -0.2) is 0 Å². The summed E-state index contributed by atoms with van der Waals surface area (Å²) in [6, 6.07) is 0. The fraction of sp³-hybridized carbons (Fsp3) is 0.760. The molecule has 176 valence electrons. The summed E-state index contributed by atoms with van der Waals surface area (Å²) in [5, 5.41) is 0. The monoisotopic (exact) mass is 446 g/mol. The summed E-state index contributed by atoms with van der Waals surface area (Å²) in [5.41, 5.74) is 0.227. The summed E-state index contributed by atoms with van der Waals surface area (Å²) in [6.45, 7) is 2.27. The van der Waals surface area contributed by atoms with Gasteiger partial charge in [0.05, 0.1) is 13.0 Å². The second kappa shape index (κ2) is 8.99. The molecule has 3 fully saturated rings. The van der Waals surface area contributed by atoms with Crippen LogP contribution in [0.2, 0.25) is 0 Å². The summed E-state index contributed by atoms with van der Waals surface area (Å²) >= 11 is 0. The highest BCUT2D eigenvalue weighted by molar-refractivity contribution is 5.92. The second-order valence-corrected chi connectivity index (χ2v) is 10.0. The maximum Gasteiger partial charge on any atom is 0.308 e. The summed E-state index contributed by atoms with van der Waals surface area (Å²) in [5.74, 6) is 0.375. The molecule has 0 aliphatic heterocycles. The first kappa shape index (κ1) is 23.0. The molecule has 4 aliphatic rings. The van der Waals surface area contributed by atoms with Crippen LogP contribution in [0, 0.1) is 35.5 Å². The van der Waals surface area contributed by atoms with E-state index in [0.29, 0.717) is 30.1 Å². The number of fused-ring (bicyclic) bond motifs is 5. The van der Waals surface area contributed by atoms with Gasteiger partial charge in [0.25, 0.3) is 0 Å². The van der Waals surface area contributed by atoms with E-state index in [1.54, 1.807) is 0 Å². The van der Waals surface area contributed by atoms with Crippen molar-refractivity contribution in [3.63, 3.8) is 0 Å². The lowest BCUT2D eigenvalue weighted by Gasteiger charge is -2.50. The van der Waals surface area contributed by atoms with E-state index < -0.39 is 17.5 Å². The van der Waals surface area contributed by atoms with Crippen molar-refractivity contribution < 1.29 is 33.4 Å². The molecule has 4 aliphatic carbocycles. The Morgan fingerprint density at radius 2 is 1.75 bits per heavy atom. The summed E-state index contributed by atoms with van der Waals surface area (Å²) in [7, 11) is 1.46. The maximum atomic E-state index is 13.2. The third kappa shape index (κ3) is 3.99. The number of ether oxygens (including phenoxy) is 3. The van der Waals surface area contributed by atoms with Gasteiger partial charge in [-0.15, -0.1) is 0 Å². The molecule has 0 heterocycles. The largest absolute Gasteiger partial charge is 0.469 e. The van der Waals surface area contributed by atoms with Crippen molar-refractivity contribution in [3.8, 4) is 0 Å². The smallest absolute Gasteiger partial charge is 0.308 e. The highest BCUT2D eigenvalue weighted by atomic mass is 16.6. The Hall–Kier alpha value is -2.18. The Morgan fingerprint density at radius 3 is 2.44 bits per heavy atom. The molecule has 0 N–H and O–H groups in total. The number of Topliss-reactive ketones (excluding diaryl/α,β-unsaturated/α-hetero) is 1. The van der Waals surface area contributed by atoms with E-state index >= 15 is 0 Å². The van der Waals surface area contributed by atoms with E-state index in [-0.39, 0.29) is 30.2 Å². The highest BCUT2D eigenvalue weighted by Gasteiger charge is 2.60. The lowest BCUT2D eigenvalue weighted by molar-refractivity contribution is -0.176. The Kier molecular flexibility index (Phi) is 6.46. The Morgan fingerprint density at radius 1 is 0.969 bits per heavy atom. The molecule has 0 saturated heterocycles. The molecule has 3 saturated carbocycles. The van der Waals surface area contributed by atoms with Gasteiger partial charge in [-0.05, 0) is 75.0 Å². The molecule has 32 heavy (non-hydrogen) atoms. The molecule has 0 spiro atoms. The van der Waals surface area contributed by atoms with Crippen LogP contribution in [0.15, 0.2) is 11.6 Å². The van der Waals surface area contributed by atoms with Gasteiger partial charge >= 0.3 is 17.9 Å². The molecule has 0 aromatic heterocycles. The van der Waals surface area contributed by atoms with Crippen LogP contribution in [0.1, 0.15) is 65.2 Å². The number of hydrogen-bond donors (Lipinski definition) is 0. The van der Waals surface area contributed by atoms with E-state index in [2.05, 4.69) is 6.08 Å². The van der Waals surface area contributed by atoms with Crippen molar-refractivity contribution in [1.82, 2.24) is 0 Å². The van der Waals surface area contributed by atoms with Crippen LogP contribution in [-0.4, -0.2) is 43.0 Å². The number of allylic oxidation sites excluding steroid dienone is 2. The maximum absolute atomic E-state index is 13.2. The zero-order valence-corrected chi connectivity index (χ0v) is 19.3. The standard InChI is InChI=1S/C25H34O7/c1-14(26)31-13-23(28)25(32-15(2)27)11-10-21-20-7-4-16-12-17(24(29)30-3)5-6-18(16)19(20)8-9-22(21)25/h4,17-22H,5-13H2,1-3H3/t17-,18-,19-,20-,21-,22-,25-/m1/s1. The minimum absolute atomic E-state index is 0.0302. The van der Waals surface area contributed by atoms with E-state index in [0.717, 1.165) is 44.9 Å². The molecule has 0 aromatic rings. The van der Waals surface area contributed by atoms with Gasteiger partial charge in [0.15, 0.2) is 12.2 Å². The Labute approximate surface area is 189 Å². The van der Waals surface area contributed by atoms with Crippen LogP contribution in [-0.2, 0) is 33.4 Å². The molecule has 7 heteroatoms. The first-order valence-corrected chi connectivity index (χ1v) is 11.9. The van der Waals surface area contributed by atoms with Crippen molar-refractivity contribution in [1.29, 1.82) is 0 Å². The first-order valence-electron chi connectivity index (χ1n) is 11.9. The van der Waals surface area contributed by atoms with E-state index in [1.165, 1.54) is 26.5 Å². The molecule has 0 bridgehead atoms. The van der Waals surface area contributed by atoms with E-state index in [4.69, 9.17) is 14.2 Å². The van der Waals surface area contributed by atoms with E-state index in [9.17, 15) is 19.2 Å². The van der Waals surface area contributed by atoms with Gasteiger partial charge in [-0.1, -0.05) is 11.6 Å². The minimum atomic E-state index is -1.18. The Balaban J connectivity index is 1.54. The Bertz CT molecular complexity index is 830. The van der Waals surface area contributed by atoms with Crippen LogP contribution in [0.4, 0.5) is 0 Å². The molecular formula is C25H34O7. The van der Waals surface area contributed by atoms with Crippen molar-refractivity contribution in [2.24, 2.45) is 35.5 Å². The number of rotatable bonds is 5. The zero-order valence-electron chi connectivity index (χ0n) is 19.3. The van der Waals surface area contributed by atoms with Gasteiger partial charge in [0.2, 0.25) is 5.78 Å². The van der Waals surface area contributed by atoms with Crippen molar-refractivity contribution in [2.75, 3.05) is 13.7 Å². The average Bonchev–Trinajstić information content (AvgIpc) is 3.15. The molecule has 7 nitrogen and oxygen atoms in total. The lowest BCUT2D eigenvalue weighted by atomic mass is 9.55. The molecule has 0 amide bonds. The van der Waals surface area contributed by atoms with Crippen LogP contribution in [0.3, 0.4) is 0 Å². The molecule has 0 aromatic carbocycles. The van der Waals surface area contributed by atoms with Crippen molar-refractivity contribution in [2.45, 2.75) is 70.8 Å². The molecule has 4 rings (SSSR count). The zero-order chi connectivity index (χ0) is 23.0. The number of hydrogen-bond acceptors (Lipinski definition) is 7. The van der Waals surface area contributed by atoms with E-state index in [1.807, 2.05) is 0 Å². The topological polar surface area (TPSA) is 96.0 Å². The number of methoxy groups -OCH3 is 1. The third-order valence-corrected chi connectivity index (χ3v) is 8.57. The van der Waals surface area contributed by atoms with Crippen LogP contribution in [0.25, 0.3) is 0 Å². The number of esters is 3. The number of carbonyl (C=O) groups excluding carboxylic acids is 4. The highest BCUT2D eigenvalue weighted by Crippen LogP contribution is 2.60. The summed E-state index contributed by atoms with van der Waals surface area (Å²) in [4.78, 5) is 48.4. The van der Waals surface area contributed by atoms with Crippen molar-refractivity contribution in [3.05, 3.63) is 11.6 Å². The van der Waals surface area contributed by atoms with Gasteiger partial charge < -0.3 is 14.2 Å². The van der Waals surface area contributed by atoms with Crippen molar-refractivity contribution >= 4 is 23.7 Å². The molecule has 0 unspecified atom stereocenters. The van der Waals surface area contributed by atoms with Gasteiger partial charge in [-0.2, -0.15) is 0 Å². The predicted octanol–water partition coefficient (Wildman–Crippen LogP) is 3.39. The average molecular weight is 447 g/mol. The number of ketones is 1. The van der Waals surface area contributed by atoms with Gasteiger partial charge in [0.1, 0.15) is 0 Å². The van der Waals surface area contributed by atoms with Crippen LogP contribution < -0.4 is 0 Å². The van der Waals surface area contributed by atoms with Crippen LogP contribution >= 0.6 is 0 Å². The quantitative estimate of drug-likeness (QED) is 0.363. The third-order valence-electron chi connectivity index (χ3n) is 8.57. The second-order valence-electron chi connectivity index (χ2n) is 10.0. The van der Waals surface area contributed by atoms with Crippen LogP contribution in [0.5, 0.6) is 0 Å². The predicted molar refractivity (Wildman–Crippen MR) is 114 cm³/mol. The SMILES string of the molecule is COC(=O)[C@@H]1CC[C@@H]2C(=CC[C@H]3[C@H]4CC[C@](OC(C)=O)(C(=O)COC(C)=O)[C@@H]4CC[C@@H]32)C1.